The molecular formula is C17H15FN2O2S2. The Morgan fingerprint density at radius 3 is 2.50 bits per heavy atom. The lowest BCUT2D eigenvalue weighted by atomic mass is 10.2. The summed E-state index contributed by atoms with van der Waals surface area (Å²) in [5.74, 6) is -0.869. The first-order chi connectivity index (χ1) is 11.4. The standard InChI is InChI=1S/C17H15FN2O2S2/c1-17(18,15(21)20(2)12-8-4-3-5-9-12)24(22)16-19-13-10-6-7-11-14(13)23-16/h3-11H,1-2H3. The number of hydrogen-bond acceptors (Lipinski definition) is 4. The average molecular weight is 362 g/mol. The van der Waals surface area contributed by atoms with Gasteiger partial charge in [0.2, 0.25) is 0 Å². The molecule has 2 aromatic carbocycles. The molecule has 1 heterocycles. The van der Waals surface area contributed by atoms with Crippen LogP contribution in [0.1, 0.15) is 6.92 Å². The van der Waals surface area contributed by atoms with Crippen LogP contribution in [0.2, 0.25) is 0 Å². The molecule has 0 saturated carbocycles. The molecule has 0 fully saturated rings. The zero-order valence-electron chi connectivity index (χ0n) is 13.1. The molecule has 2 atom stereocenters. The highest BCUT2D eigenvalue weighted by molar-refractivity contribution is 7.95. The number of anilines is 1. The van der Waals surface area contributed by atoms with Gasteiger partial charge in [0.25, 0.3) is 0 Å². The monoisotopic (exact) mass is 362 g/mol. The van der Waals surface area contributed by atoms with E-state index < -0.39 is 22.1 Å². The minimum Gasteiger partial charge on any atom is -0.607 e. The van der Waals surface area contributed by atoms with Crippen molar-refractivity contribution in [3.05, 3.63) is 54.6 Å². The van der Waals surface area contributed by atoms with Crippen LogP contribution in [0.4, 0.5) is 10.1 Å². The highest BCUT2D eigenvalue weighted by atomic mass is 32.2. The minimum atomic E-state index is -2.57. The number of para-hydroxylation sites is 2. The Morgan fingerprint density at radius 2 is 1.83 bits per heavy atom. The predicted molar refractivity (Wildman–Crippen MR) is 95.4 cm³/mol. The van der Waals surface area contributed by atoms with Crippen molar-refractivity contribution in [1.29, 1.82) is 0 Å². The summed E-state index contributed by atoms with van der Waals surface area (Å²) < 4.78 is 28.7. The SMILES string of the molecule is CN(C(=O)C(C)(F)[S+]([O-])c1nc2ccccc2s1)c1ccccc1. The second-order valence-corrected chi connectivity index (χ2v) is 8.31. The van der Waals surface area contributed by atoms with Gasteiger partial charge >= 0.3 is 15.2 Å². The maximum absolute atomic E-state index is 15.1. The highest BCUT2D eigenvalue weighted by Gasteiger charge is 2.50. The Kier molecular flexibility index (Phi) is 4.58. The number of thiazole rings is 1. The van der Waals surface area contributed by atoms with E-state index in [9.17, 15) is 9.35 Å². The van der Waals surface area contributed by atoms with Gasteiger partial charge in [0, 0.05) is 19.7 Å². The molecule has 0 spiro atoms. The topological polar surface area (TPSA) is 56.3 Å². The number of nitrogens with zero attached hydrogens (tertiary/aromatic N) is 2. The van der Waals surface area contributed by atoms with Crippen molar-refractivity contribution in [2.45, 2.75) is 16.3 Å². The van der Waals surface area contributed by atoms with Crippen LogP contribution in [0.5, 0.6) is 0 Å². The number of hydrogen-bond donors (Lipinski definition) is 0. The largest absolute Gasteiger partial charge is 0.607 e. The van der Waals surface area contributed by atoms with Gasteiger partial charge in [-0.25, -0.2) is 0 Å². The van der Waals surface area contributed by atoms with Crippen LogP contribution < -0.4 is 4.90 Å². The van der Waals surface area contributed by atoms with E-state index in [4.69, 9.17) is 0 Å². The van der Waals surface area contributed by atoms with E-state index in [2.05, 4.69) is 4.98 Å². The summed E-state index contributed by atoms with van der Waals surface area (Å²) >= 11 is -1.07. The second kappa shape index (κ2) is 6.51. The van der Waals surface area contributed by atoms with Gasteiger partial charge in [-0.15, -0.1) is 0 Å². The van der Waals surface area contributed by atoms with Crippen LogP contribution in [0.15, 0.2) is 58.9 Å². The van der Waals surface area contributed by atoms with E-state index in [1.54, 1.807) is 42.5 Å². The molecule has 0 N–H and O–H groups in total. The van der Waals surface area contributed by atoms with E-state index in [-0.39, 0.29) is 4.34 Å². The molecule has 2 unspecified atom stereocenters. The summed E-state index contributed by atoms with van der Waals surface area (Å²) in [5.41, 5.74) is 1.18. The predicted octanol–water partition coefficient (Wildman–Crippen LogP) is 3.75. The van der Waals surface area contributed by atoms with Crippen molar-refractivity contribution in [1.82, 2.24) is 4.98 Å². The first-order valence-electron chi connectivity index (χ1n) is 7.21. The third-order valence-corrected chi connectivity index (χ3v) is 6.43. The van der Waals surface area contributed by atoms with Crippen LogP contribution in [0, 0.1) is 0 Å². The maximum atomic E-state index is 15.1. The normalized spacial score (nSPS) is 15.0. The Hall–Kier alpha value is -1.96. The van der Waals surface area contributed by atoms with Crippen molar-refractivity contribution in [3.8, 4) is 0 Å². The van der Waals surface area contributed by atoms with Crippen molar-refractivity contribution in [2.24, 2.45) is 0 Å². The van der Waals surface area contributed by atoms with Crippen LogP contribution in [0.3, 0.4) is 0 Å². The molecule has 1 aromatic heterocycles. The lowest BCUT2D eigenvalue weighted by molar-refractivity contribution is -0.124. The number of halogens is 1. The van der Waals surface area contributed by atoms with Gasteiger partial charge in [-0.3, -0.25) is 4.79 Å². The Labute approximate surface area is 146 Å². The van der Waals surface area contributed by atoms with Gasteiger partial charge < -0.3 is 9.45 Å². The average Bonchev–Trinajstić information content (AvgIpc) is 3.04. The van der Waals surface area contributed by atoms with E-state index in [1.807, 2.05) is 12.1 Å². The van der Waals surface area contributed by atoms with Crippen LogP contribution >= 0.6 is 11.3 Å². The molecule has 24 heavy (non-hydrogen) atoms. The molecule has 0 saturated heterocycles. The van der Waals surface area contributed by atoms with E-state index in [0.29, 0.717) is 11.2 Å². The third-order valence-electron chi connectivity index (χ3n) is 3.61. The molecule has 0 aliphatic rings. The van der Waals surface area contributed by atoms with Crippen molar-refractivity contribution < 1.29 is 13.7 Å². The molecule has 0 aliphatic heterocycles. The number of amides is 1. The fourth-order valence-electron chi connectivity index (χ4n) is 2.24. The van der Waals surface area contributed by atoms with Gasteiger partial charge in [0.1, 0.15) is 0 Å². The van der Waals surface area contributed by atoms with E-state index in [1.165, 1.54) is 11.9 Å². The van der Waals surface area contributed by atoms with Gasteiger partial charge in [-0.1, -0.05) is 41.7 Å². The molecule has 3 rings (SSSR count). The van der Waals surface area contributed by atoms with Gasteiger partial charge in [0.05, 0.1) is 21.4 Å². The lowest BCUT2D eigenvalue weighted by Gasteiger charge is -2.26. The molecule has 4 nitrogen and oxygen atoms in total. The van der Waals surface area contributed by atoms with Crippen LogP contribution in [0.25, 0.3) is 10.2 Å². The lowest BCUT2D eigenvalue weighted by Crippen LogP contribution is -2.47. The van der Waals surface area contributed by atoms with Crippen molar-refractivity contribution in [3.63, 3.8) is 0 Å². The zero-order valence-corrected chi connectivity index (χ0v) is 14.7. The molecular weight excluding hydrogens is 347 g/mol. The summed E-state index contributed by atoms with van der Waals surface area (Å²) in [6.07, 6.45) is 0. The first kappa shape index (κ1) is 16.9. The number of rotatable bonds is 4. The van der Waals surface area contributed by atoms with Gasteiger partial charge in [-0.05, 0) is 24.3 Å². The number of fused-ring (bicyclic) bond motifs is 1. The maximum Gasteiger partial charge on any atom is 0.345 e. The van der Waals surface area contributed by atoms with Crippen LogP contribution in [-0.2, 0) is 16.0 Å². The number of benzene rings is 2. The smallest absolute Gasteiger partial charge is 0.345 e. The molecule has 7 heteroatoms. The molecule has 124 valence electrons. The van der Waals surface area contributed by atoms with Gasteiger partial charge in [-0.2, -0.15) is 9.37 Å². The molecule has 3 aromatic rings. The van der Waals surface area contributed by atoms with E-state index in [0.717, 1.165) is 23.0 Å². The van der Waals surface area contributed by atoms with Crippen LogP contribution in [-0.4, -0.2) is 27.5 Å². The molecule has 0 bridgehead atoms. The quantitative estimate of drug-likeness (QED) is 0.664. The summed E-state index contributed by atoms with van der Waals surface area (Å²) in [6.45, 7) is 1.04. The van der Waals surface area contributed by atoms with Crippen molar-refractivity contribution in [2.75, 3.05) is 11.9 Å². The number of aromatic nitrogens is 1. The Morgan fingerprint density at radius 1 is 1.21 bits per heavy atom. The van der Waals surface area contributed by atoms with Gasteiger partial charge in [0.15, 0.2) is 0 Å². The Bertz CT molecular complexity index is 834. The fourth-order valence-corrected chi connectivity index (χ4v) is 4.79. The zero-order chi connectivity index (χ0) is 17.3. The highest BCUT2D eigenvalue weighted by Crippen LogP contribution is 2.34. The summed E-state index contributed by atoms with van der Waals surface area (Å²) in [7, 11) is 1.46. The number of carbonyl (C=O) groups is 1. The summed E-state index contributed by atoms with van der Waals surface area (Å²) in [5, 5.41) is -2.57. The molecule has 0 radical (unpaired) electrons. The Balaban J connectivity index is 1.89. The summed E-state index contributed by atoms with van der Waals surface area (Å²) in [4.78, 5) is 17.9. The number of carbonyl (C=O) groups excluding carboxylic acids is 1. The third kappa shape index (κ3) is 3.02. The molecule has 0 aliphatic carbocycles. The second-order valence-electron chi connectivity index (χ2n) is 5.33. The minimum absolute atomic E-state index is 0.107. The first-order valence-corrected chi connectivity index (χ1v) is 9.17. The van der Waals surface area contributed by atoms with E-state index >= 15 is 4.39 Å². The summed E-state index contributed by atoms with van der Waals surface area (Å²) in [6, 6.07) is 15.9. The fraction of sp³-hybridized carbons (Fsp3) is 0.176. The van der Waals surface area contributed by atoms with Crippen molar-refractivity contribution >= 4 is 44.3 Å². The number of alkyl halides is 1. The molecule has 1 amide bonds.